The maximum absolute atomic E-state index is 13.2. The molecule has 0 saturated carbocycles. The number of aromatic nitrogens is 1. The first kappa shape index (κ1) is 24.1. The summed E-state index contributed by atoms with van der Waals surface area (Å²) in [6.45, 7) is 1.19. The van der Waals surface area contributed by atoms with Crippen LogP contribution >= 0.6 is 0 Å². The summed E-state index contributed by atoms with van der Waals surface area (Å²) in [5, 5.41) is 5.77. The SMILES string of the molecule is COc1cc2c(cc1OC)C(c1ccccc1)N(C(=O)NCCC(=O)NCc1cccnc1)CC2. The minimum Gasteiger partial charge on any atom is -0.493 e. The van der Waals surface area contributed by atoms with E-state index in [1.54, 1.807) is 26.6 Å². The Labute approximate surface area is 205 Å². The number of methoxy groups -OCH3 is 2. The van der Waals surface area contributed by atoms with Crippen molar-refractivity contribution in [3.63, 3.8) is 0 Å². The molecule has 8 heteroatoms. The molecule has 3 aromatic rings. The molecule has 0 aliphatic carbocycles. The van der Waals surface area contributed by atoms with Crippen molar-refractivity contribution in [1.29, 1.82) is 0 Å². The Hall–Kier alpha value is -4.07. The van der Waals surface area contributed by atoms with Crippen molar-refractivity contribution in [3.05, 3.63) is 89.2 Å². The zero-order valence-electron chi connectivity index (χ0n) is 20.0. The molecular weight excluding hydrogens is 444 g/mol. The second-order valence-electron chi connectivity index (χ2n) is 8.28. The topological polar surface area (TPSA) is 92.8 Å². The van der Waals surface area contributed by atoms with Crippen LogP contribution in [0.15, 0.2) is 67.0 Å². The molecule has 1 unspecified atom stereocenters. The Kier molecular flexibility index (Phi) is 7.82. The highest BCUT2D eigenvalue weighted by Crippen LogP contribution is 2.40. The highest BCUT2D eigenvalue weighted by Gasteiger charge is 2.33. The number of carbonyl (C=O) groups excluding carboxylic acids is 2. The zero-order chi connectivity index (χ0) is 24.6. The van der Waals surface area contributed by atoms with E-state index in [-0.39, 0.29) is 30.9 Å². The number of hydrogen-bond donors (Lipinski definition) is 2. The van der Waals surface area contributed by atoms with Crippen LogP contribution < -0.4 is 20.1 Å². The lowest BCUT2D eigenvalue weighted by molar-refractivity contribution is -0.121. The van der Waals surface area contributed by atoms with Gasteiger partial charge in [0.2, 0.25) is 5.91 Å². The molecule has 1 atom stereocenters. The van der Waals surface area contributed by atoms with Gasteiger partial charge in [-0.05, 0) is 46.9 Å². The average Bonchev–Trinajstić information content (AvgIpc) is 2.91. The van der Waals surface area contributed by atoms with E-state index >= 15 is 0 Å². The Balaban J connectivity index is 1.45. The second-order valence-corrected chi connectivity index (χ2v) is 8.28. The molecule has 8 nitrogen and oxygen atoms in total. The highest BCUT2D eigenvalue weighted by molar-refractivity contribution is 5.79. The van der Waals surface area contributed by atoms with E-state index in [1.165, 1.54) is 0 Å². The molecule has 1 aliphatic heterocycles. The fourth-order valence-electron chi connectivity index (χ4n) is 4.34. The van der Waals surface area contributed by atoms with E-state index in [0.717, 1.165) is 22.3 Å². The molecule has 182 valence electrons. The molecule has 3 amide bonds. The van der Waals surface area contributed by atoms with Crippen molar-refractivity contribution in [1.82, 2.24) is 20.5 Å². The maximum Gasteiger partial charge on any atom is 0.318 e. The lowest BCUT2D eigenvalue weighted by Gasteiger charge is -2.38. The normalized spacial score (nSPS) is 14.6. The molecule has 0 saturated heterocycles. The van der Waals surface area contributed by atoms with Gasteiger partial charge in [0.25, 0.3) is 0 Å². The molecule has 4 rings (SSSR count). The minimum absolute atomic E-state index is 0.130. The summed E-state index contributed by atoms with van der Waals surface area (Å²) >= 11 is 0. The summed E-state index contributed by atoms with van der Waals surface area (Å²) in [6.07, 6.45) is 4.29. The number of amides is 3. The molecule has 1 aromatic heterocycles. The summed E-state index contributed by atoms with van der Waals surface area (Å²) in [5.74, 6) is 1.17. The first-order chi connectivity index (χ1) is 17.1. The molecular formula is C27H30N4O4. The number of ether oxygens (including phenoxy) is 2. The van der Waals surface area contributed by atoms with Gasteiger partial charge in [-0.2, -0.15) is 0 Å². The van der Waals surface area contributed by atoms with Crippen molar-refractivity contribution in [2.45, 2.75) is 25.4 Å². The van der Waals surface area contributed by atoms with Crippen molar-refractivity contribution in [2.75, 3.05) is 27.3 Å². The van der Waals surface area contributed by atoms with Crippen LogP contribution in [0.4, 0.5) is 4.79 Å². The van der Waals surface area contributed by atoms with Gasteiger partial charge in [0.15, 0.2) is 11.5 Å². The lowest BCUT2D eigenvalue weighted by Crippen LogP contribution is -2.46. The number of hydrogen-bond acceptors (Lipinski definition) is 5. The van der Waals surface area contributed by atoms with Crippen LogP contribution in [0, 0.1) is 0 Å². The third-order valence-electron chi connectivity index (χ3n) is 6.09. The first-order valence-electron chi connectivity index (χ1n) is 11.6. The molecule has 2 N–H and O–H groups in total. The summed E-state index contributed by atoms with van der Waals surface area (Å²) in [7, 11) is 3.23. The standard InChI is InChI=1S/C27H30N4O4/c1-34-23-15-21-11-14-31(26(20-8-4-3-5-9-20)22(21)16-24(23)35-2)27(33)29-13-10-25(32)30-18-19-7-6-12-28-17-19/h3-9,12,15-17,26H,10-11,13-14,18H2,1-2H3,(H,29,33)(H,30,32). The summed E-state index contributed by atoms with van der Waals surface area (Å²) in [5.41, 5.74) is 4.06. The lowest BCUT2D eigenvalue weighted by atomic mass is 9.88. The molecule has 0 fully saturated rings. The largest absolute Gasteiger partial charge is 0.493 e. The van der Waals surface area contributed by atoms with E-state index in [2.05, 4.69) is 15.6 Å². The van der Waals surface area contributed by atoms with Gasteiger partial charge in [-0.3, -0.25) is 9.78 Å². The van der Waals surface area contributed by atoms with Gasteiger partial charge in [0.1, 0.15) is 0 Å². The summed E-state index contributed by atoms with van der Waals surface area (Å²) in [6, 6.07) is 17.1. The van der Waals surface area contributed by atoms with Crippen LogP contribution in [0.3, 0.4) is 0 Å². The van der Waals surface area contributed by atoms with Crippen molar-refractivity contribution >= 4 is 11.9 Å². The van der Waals surface area contributed by atoms with E-state index in [4.69, 9.17) is 9.47 Å². The van der Waals surface area contributed by atoms with Crippen LogP contribution in [-0.4, -0.2) is 49.1 Å². The zero-order valence-corrected chi connectivity index (χ0v) is 20.0. The van der Waals surface area contributed by atoms with Crippen molar-refractivity contribution < 1.29 is 19.1 Å². The monoisotopic (exact) mass is 474 g/mol. The summed E-state index contributed by atoms with van der Waals surface area (Å²) in [4.78, 5) is 31.3. The van der Waals surface area contributed by atoms with E-state index in [0.29, 0.717) is 31.0 Å². The number of pyridine rings is 1. The van der Waals surface area contributed by atoms with E-state index < -0.39 is 0 Å². The third kappa shape index (κ3) is 5.71. The van der Waals surface area contributed by atoms with E-state index in [1.807, 2.05) is 59.5 Å². The molecule has 35 heavy (non-hydrogen) atoms. The van der Waals surface area contributed by atoms with Crippen LogP contribution in [0.5, 0.6) is 11.5 Å². The highest BCUT2D eigenvalue weighted by atomic mass is 16.5. The fraction of sp³-hybridized carbons (Fsp3) is 0.296. The van der Waals surface area contributed by atoms with Gasteiger partial charge in [0.05, 0.1) is 20.3 Å². The van der Waals surface area contributed by atoms with Gasteiger partial charge in [0, 0.05) is 38.4 Å². The molecule has 0 bridgehead atoms. The number of rotatable bonds is 8. The van der Waals surface area contributed by atoms with Gasteiger partial charge >= 0.3 is 6.03 Å². The van der Waals surface area contributed by atoms with Gasteiger partial charge < -0.3 is 25.0 Å². The average molecular weight is 475 g/mol. The minimum atomic E-state index is -0.279. The van der Waals surface area contributed by atoms with E-state index in [9.17, 15) is 9.59 Å². The Morgan fingerprint density at radius 2 is 1.80 bits per heavy atom. The fourth-order valence-corrected chi connectivity index (χ4v) is 4.34. The molecule has 0 spiro atoms. The molecule has 2 heterocycles. The van der Waals surface area contributed by atoms with Crippen LogP contribution in [0.2, 0.25) is 0 Å². The predicted molar refractivity (Wildman–Crippen MR) is 132 cm³/mol. The second kappa shape index (κ2) is 11.4. The predicted octanol–water partition coefficient (Wildman–Crippen LogP) is 3.46. The van der Waals surface area contributed by atoms with Crippen molar-refractivity contribution in [3.8, 4) is 11.5 Å². The maximum atomic E-state index is 13.2. The number of benzene rings is 2. The number of carbonyl (C=O) groups is 2. The van der Waals surface area contributed by atoms with Gasteiger partial charge in [-0.25, -0.2) is 4.79 Å². The number of nitrogens with zero attached hydrogens (tertiary/aromatic N) is 2. The van der Waals surface area contributed by atoms with Crippen LogP contribution in [-0.2, 0) is 17.8 Å². The number of nitrogens with one attached hydrogen (secondary N) is 2. The molecule has 1 aliphatic rings. The molecule has 0 radical (unpaired) electrons. The first-order valence-corrected chi connectivity index (χ1v) is 11.6. The van der Waals surface area contributed by atoms with Gasteiger partial charge in [-0.1, -0.05) is 36.4 Å². The van der Waals surface area contributed by atoms with Gasteiger partial charge in [-0.15, -0.1) is 0 Å². The van der Waals surface area contributed by atoms with Crippen LogP contribution in [0.25, 0.3) is 0 Å². The third-order valence-corrected chi connectivity index (χ3v) is 6.09. The number of fused-ring (bicyclic) bond motifs is 1. The Morgan fingerprint density at radius 1 is 1.03 bits per heavy atom. The smallest absolute Gasteiger partial charge is 0.318 e. The molecule has 2 aromatic carbocycles. The van der Waals surface area contributed by atoms with Crippen LogP contribution in [0.1, 0.15) is 34.7 Å². The quantitative estimate of drug-likeness (QED) is 0.522. The Bertz CT molecular complexity index is 1150. The van der Waals surface area contributed by atoms with Crippen molar-refractivity contribution in [2.24, 2.45) is 0 Å². The Morgan fingerprint density at radius 3 is 2.51 bits per heavy atom. The number of urea groups is 1. The summed E-state index contributed by atoms with van der Waals surface area (Å²) < 4.78 is 11.0.